The molecule has 0 spiro atoms. The first-order chi connectivity index (χ1) is 11.5. The van der Waals surface area contributed by atoms with Crippen molar-refractivity contribution in [2.24, 2.45) is 0 Å². The molecular formula is C19H31NO4. The Hall–Kier alpha value is -1.59. The Morgan fingerprint density at radius 1 is 1.08 bits per heavy atom. The van der Waals surface area contributed by atoms with E-state index in [4.69, 9.17) is 4.74 Å². The fourth-order valence-electron chi connectivity index (χ4n) is 2.65. The summed E-state index contributed by atoms with van der Waals surface area (Å²) >= 11 is 0. The van der Waals surface area contributed by atoms with Crippen LogP contribution in [0.4, 0.5) is 0 Å². The van der Waals surface area contributed by atoms with Crippen LogP contribution in [0.2, 0.25) is 0 Å². The number of hydrogen-bond acceptors (Lipinski definition) is 4. The van der Waals surface area contributed by atoms with Gasteiger partial charge in [-0.1, -0.05) is 44.7 Å². The minimum Gasteiger partial charge on any atom is -0.494 e. The van der Waals surface area contributed by atoms with Gasteiger partial charge in [0, 0.05) is 6.92 Å². The maximum atomic E-state index is 11.3. The van der Waals surface area contributed by atoms with Gasteiger partial charge in [0.1, 0.15) is 5.75 Å². The smallest absolute Gasteiger partial charge is 0.217 e. The highest BCUT2D eigenvalue weighted by atomic mass is 16.5. The van der Waals surface area contributed by atoms with E-state index < -0.39 is 5.54 Å². The zero-order valence-electron chi connectivity index (χ0n) is 14.9. The van der Waals surface area contributed by atoms with Crippen LogP contribution in [0.15, 0.2) is 24.3 Å². The van der Waals surface area contributed by atoms with Gasteiger partial charge in [-0.15, -0.1) is 0 Å². The molecule has 0 atom stereocenters. The van der Waals surface area contributed by atoms with Crippen molar-refractivity contribution in [3.63, 3.8) is 0 Å². The fourth-order valence-corrected chi connectivity index (χ4v) is 2.65. The summed E-state index contributed by atoms with van der Waals surface area (Å²) in [6.07, 6.45) is 6.38. The predicted octanol–water partition coefficient (Wildman–Crippen LogP) is 2.44. The van der Waals surface area contributed by atoms with Crippen LogP contribution in [0, 0.1) is 0 Å². The highest BCUT2D eigenvalue weighted by Gasteiger charge is 2.29. The van der Waals surface area contributed by atoms with Gasteiger partial charge in [-0.25, -0.2) is 0 Å². The number of hydrogen-bond donors (Lipinski definition) is 3. The molecule has 0 aliphatic heterocycles. The van der Waals surface area contributed by atoms with Gasteiger partial charge >= 0.3 is 0 Å². The molecule has 5 heteroatoms. The quantitative estimate of drug-likeness (QED) is 0.512. The van der Waals surface area contributed by atoms with Gasteiger partial charge in [0.2, 0.25) is 5.91 Å². The second kappa shape index (κ2) is 11.0. The standard InChI is InChI=1S/C19H31NO4/c1-3-4-5-6-7-12-24-18-10-8-17(9-11-18)13-19(14-21,15-22)20-16(2)23/h8-11,21-22H,3-7,12-15H2,1-2H3,(H,20,23). The lowest BCUT2D eigenvalue weighted by molar-refractivity contribution is -0.122. The second-order valence-corrected chi connectivity index (χ2v) is 6.36. The largest absolute Gasteiger partial charge is 0.494 e. The number of nitrogens with one attached hydrogen (secondary N) is 1. The van der Waals surface area contributed by atoms with Gasteiger partial charge in [0.15, 0.2) is 0 Å². The van der Waals surface area contributed by atoms with E-state index >= 15 is 0 Å². The minimum atomic E-state index is -1.03. The Labute approximate surface area is 145 Å². The summed E-state index contributed by atoms with van der Waals surface area (Å²) in [5.41, 5.74) is -0.116. The van der Waals surface area contributed by atoms with Crippen LogP contribution < -0.4 is 10.1 Å². The van der Waals surface area contributed by atoms with E-state index in [1.807, 2.05) is 24.3 Å². The van der Waals surface area contributed by atoms with Crippen molar-refractivity contribution in [3.8, 4) is 5.75 Å². The fraction of sp³-hybridized carbons (Fsp3) is 0.632. The van der Waals surface area contributed by atoms with E-state index in [0.29, 0.717) is 13.0 Å². The van der Waals surface area contributed by atoms with E-state index in [2.05, 4.69) is 12.2 Å². The van der Waals surface area contributed by atoms with Crippen LogP contribution in [-0.4, -0.2) is 41.5 Å². The molecule has 0 saturated heterocycles. The van der Waals surface area contributed by atoms with Gasteiger partial charge in [0.05, 0.1) is 25.4 Å². The average molecular weight is 337 g/mol. The van der Waals surface area contributed by atoms with Crippen LogP contribution in [0.5, 0.6) is 5.75 Å². The number of benzene rings is 1. The van der Waals surface area contributed by atoms with E-state index in [1.165, 1.54) is 32.6 Å². The third-order valence-electron chi connectivity index (χ3n) is 4.03. The number of ether oxygens (including phenoxy) is 1. The normalized spacial score (nSPS) is 11.3. The minimum absolute atomic E-state index is 0.277. The Kier molecular flexibility index (Phi) is 9.42. The number of unbranched alkanes of at least 4 members (excludes halogenated alkanes) is 4. The number of amides is 1. The first-order valence-electron chi connectivity index (χ1n) is 8.77. The monoisotopic (exact) mass is 337 g/mol. The maximum Gasteiger partial charge on any atom is 0.217 e. The third kappa shape index (κ3) is 7.32. The molecule has 0 heterocycles. The van der Waals surface area contributed by atoms with Crippen molar-refractivity contribution in [1.82, 2.24) is 5.32 Å². The Morgan fingerprint density at radius 2 is 1.71 bits per heavy atom. The van der Waals surface area contributed by atoms with E-state index in [9.17, 15) is 15.0 Å². The number of rotatable bonds is 12. The molecule has 24 heavy (non-hydrogen) atoms. The van der Waals surface area contributed by atoms with Crippen molar-refractivity contribution < 1.29 is 19.7 Å². The number of aliphatic hydroxyl groups excluding tert-OH is 2. The Bertz CT molecular complexity index is 469. The molecule has 1 amide bonds. The van der Waals surface area contributed by atoms with Gasteiger partial charge < -0.3 is 20.3 Å². The zero-order chi connectivity index (χ0) is 17.8. The van der Waals surface area contributed by atoms with Crippen LogP contribution in [-0.2, 0) is 11.2 Å². The molecule has 0 aliphatic carbocycles. The molecule has 136 valence electrons. The van der Waals surface area contributed by atoms with Crippen LogP contribution in [0.25, 0.3) is 0 Å². The van der Waals surface area contributed by atoms with Crippen molar-refractivity contribution in [2.45, 2.75) is 57.9 Å². The number of aliphatic hydroxyl groups is 2. The van der Waals surface area contributed by atoms with Gasteiger partial charge in [-0.05, 0) is 30.5 Å². The third-order valence-corrected chi connectivity index (χ3v) is 4.03. The van der Waals surface area contributed by atoms with Crippen LogP contribution >= 0.6 is 0 Å². The summed E-state index contributed by atoms with van der Waals surface area (Å²) in [7, 11) is 0. The molecule has 5 nitrogen and oxygen atoms in total. The summed E-state index contributed by atoms with van der Waals surface area (Å²) in [5.74, 6) is 0.536. The van der Waals surface area contributed by atoms with Gasteiger partial charge in [-0.2, -0.15) is 0 Å². The summed E-state index contributed by atoms with van der Waals surface area (Å²) in [6.45, 7) is 3.65. The van der Waals surface area contributed by atoms with Crippen LogP contribution in [0.1, 0.15) is 51.5 Å². The number of carbonyl (C=O) groups is 1. The first kappa shape index (κ1) is 20.5. The zero-order valence-corrected chi connectivity index (χ0v) is 14.9. The molecular weight excluding hydrogens is 306 g/mol. The summed E-state index contributed by atoms with van der Waals surface area (Å²) in [4.78, 5) is 11.3. The lowest BCUT2D eigenvalue weighted by Crippen LogP contribution is -2.55. The maximum absolute atomic E-state index is 11.3. The lowest BCUT2D eigenvalue weighted by Gasteiger charge is -2.30. The molecule has 0 unspecified atom stereocenters. The second-order valence-electron chi connectivity index (χ2n) is 6.36. The van der Waals surface area contributed by atoms with Crippen molar-refractivity contribution in [1.29, 1.82) is 0 Å². The van der Waals surface area contributed by atoms with Crippen molar-refractivity contribution >= 4 is 5.91 Å². The topological polar surface area (TPSA) is 78.8 Å². The molecule has 0 fully saturated rings. The Balaban J connectivity index is 2.49. The summed E-state index contributed by atoms with van der Waals surface area (Å²) in [5, 5.41) is 21.7. The van der Waals surface area contributed by atoms with Crippen molar-refractivity contribution in [2.75, 3.05) is 19.8 Å². The molecule has 1 rings (SSSR count). The Morgan fingerprint density at radius 3 is 2.25 bits per heavy atom. The lowest BCUT2D eigenvalue weighted by atomic mass is 9.92. The first-order valence-corrected chi connectivity index (χ1v) is 8.77. The molecule has 0 radical (unpaired) electrons. The van der Waals surface area contributed by atoms with E-state index in [0.717, 1.165) is 17.7 Å². The van der Waals surface area contributed by atoms with Crippen molar-refractivity contribution in [3.05, 3.63) is 29.8 Å². The molecule has 3 N–H and O–H groups in total. The molecule has 0 aliphatic rings. The average Bonchev–Trinajstić information content (AvgIpc) is 2.58. The van der Waals surface area contributed by atoms with Gasteiger partial charge in [0.25, 0.3) is 0 Å². The number of carbonyl (C=O) groups excluding carboxylic acids is 1. The highest BCUT2D eigenvalue weighted by molar-refractivity contribution is 5.74. The van der Waals surface area contributed by atoms with Gasteiger partial charge in [-0.3, -0.25) is 4.79 Å². The molecule has 0 aromatic heterocycles. The SMILES string of the molecule is CCCCCCCOc1ccc(CC(CO)(CO)NC(C)=O)cc1. The molecule has 1 aromatic rings. The van der Waals surface area contributed by atoms with Crippen LogP contribution in [0.3, 0.4) is 0 Å². The summed E-state index contributed by atoms with van der Waals surface area (Å²) in [6, 6.07) is 7.56. The predicted molar refractivity (Wildman–Crippen MR) is 95.1 cm³/mol. The molecule has 1 aromatic carbocycles. The summed E-state index contributed by atoms with van der Waals surface area (Å²) < 4.78 is 5.72. The molecule has 0 bridgehead atoms. The van der Waals surface area contributed by atoms with E-state index in [1.54, 1.807) is 0 Å². The highest BCUT2D eigenvalue weighted by Crippen LogP contribution is 2.18. The molecule has 0 saturated carbocycles. The van der Waals surface area contributed by atoms with E-state index in [-0.39, 0.29) is 19.1 Å².